The summed E-state index contributed by atoms with van der Waals surface area (Å²) in [6, 6.07) is 13.6. The van der Waals surface area contributed by atoms with Crippen LogP contribution < -0.4 is 14.9 Å². The zero-order valence-electron chi connectivity index (χ0n) is 24.2. The number of phenols is 1. The molecule has 3 aromatic carbocycles. The number of rotatable bonds is 9. The molecule has 0 radical (unpaired) electrons. The van der Waals surface area contributed by atoms with E-state index in [2.05, 4.69) is 68.0 Å². The third kappa shape index (κ3) is 8.31. The fraction of sp³-hybridized carbons (Fsp3) is 0.375. The molecule has 1 amide bonds. The van der Waals surface area contributed by atoms with E-state index < -0.39 is 0 Å². The van der Waals surface area contributed by atoms with Crippen LogP contribution in [0.4, 0.5) is 4.39 Å². The van der Waals surface area contributed by atoms with Gasteiger partial charge >= 0.3 is 0 Å². The summed E-state index contributed by atoms with van der Waals surface area (Å²) in [5.41, 5.74) is 6.38. The minimum atomic E-state index is -0.303. The molecule has 6 nitrogen and oxygen atoms in total. The molecule has 214 valence electrons. The van der Waals surface area contributed by atoms with Crippen molar-refractivity contribution in [1.82, 2.24) is 5.43 Å². The molecular weight excluding hydrogens is 575 g/mol. The number of carbonyl (C=O) groups excluding carboxylic acids is 1. The molecule has 3 aromatic rings. The van der Waals surface area contributed by atoms with Gasteiger partial charge in [-0.2, -0.15) is 5.10 Å². The number of nitrogens with zero attached hydrogens (tertiary/aromatic N) is 1. The quantitative estimate of drug-likeness (QED) is 0.193. The first-order valence-electron chi connectivity index (χ1n) is 13.1. The van der Waals surface area contributed by atoms with Crippen LogP contribution in [0, 0.1) is 5.82 Å². The zero-order chi connectivity index (χ0) is 29.7. The van der Waals surface area contributed by atoms with Crippen LogP contribution in [0.1, 0.15) is 75.8 Å². The minimum Gasteiger partial charge on any atom is -0.507 e. The van der Waals surface area contributed by atoms with Crippen LogP contribution >= 0.6 is 15.9 Å². The maximum Gasteiger partial charge on any atom is 0.240 e. The van der Waals surface area contributed by atoms with Gasteiger partial charge in [0.15, 0.2) is 11.5 Å². The van der Waals surface area contributed by atoms with E-state index in [1.807, 2.05) is 12.1 Å². The van der Waals surface area contributed by atoms with E-state index in [0.29, 0.717) is 33.7 Å². The first kappa shape index (κ1) is 31.1. The van der Waals surface area contributed by atoms with Crippen molar-refractivity contribution in [3.63, 3.8) is 0 Å². The number of halogens is 2. The molecule has 40 heavy (non-hydrogen) atoms. The minimum absolute atomic E-state index is 0.218. The fourth-order valence-corrected chi connectivity index (χ4v) is 4.74. The highest BCUT2D eigenvalue weighted by Crippen LogP contribution is 2.40. The average molecular weight is 614 g/mol. The first-order valence-corrected chi connectivity index (χ1v) is 13.9. The fourth-order valence-electron chi connectivity index (χ4n) is 4.17. The van der Waals surface area contributed by atoms with Gasteiger partial charge in [0.05, 0.1) is 17.8 Å². The van der Waals surface area contributed by atoms with Gasteiger partial charge in [-0.1, -0.05) is 65.8 Å². The van der Waals surface area contributed by atoms with Crippen molar-refractivity contribution in [1.29, 1.82) is 0 Å². The van der Waals surface area contributed by atoms with Crippen molar-refractivity contribution in [2.24, 2.45) is 5.10 Å². The largest absolute Gasteiger partial charge is 0.507 e. The molecule has 0 fully saturated rings. The maximum atomic E-state index is 13.2. The zero-order valence-corrected chi connectivity index (χ0v) is 25.8. The molecule has 0 atom stereocenters. The Morgan fingerprint density at radius 1 is 1.00 bits per heavy atom. The van der Waals surface area contributed by atoms with Crippen LogP contribution in [0.5, 0.6) is 17.2 Å². The lowest BCUT2D eigenvalue weighted by atomic mass is 9.78. The number of amides is 1. The van der Waals surface area contributed by atoms with Gasteiger partial charge in [-0.05, 0) is 85.3 Å². The van der Waals surface area contributed by atoms with Gasteiger partial charge in [0.1, 0.15) is 18.2 Å². The van der Waals surface area contributed by atoms with E-state index in [-0.39, 0.29) is 35.6 Å². The Kier molecular flexibility index (Phi) is 10.0. The number of hydrogen-bond donors (Lipinski definition) is 2. The van der Waals surface area contributed by atoms with Crippen molar-refractivity contribution in [3.8, 4) is 17.2 Å². The second-order valence-electron chi connectivity index (χ2n) is 11.8. The normalized spacial score (nSPS) is 12.0. The van der Waals surface area contributed by atoms with Crippen molar-refractivity contribution < 1.29 is 23.8 Å². The summed E-state index contributed by atoms with van der Waals surface area (Å²) in [4.78, 5) is 12.6. The van der Waals surface area contributed by atoms with Gasteiger partial charge in [-0.25, -0.2) is 9.82 Å². The van der Waals surface area contributed by atoms with Crippen LogP contribution in [0.25, 0.3) is 0 Å². The molecule has 3 rings (SSSR count). The molecule has 0 bridgehead atoms. The SMILES string of the molecule is COc1cc(/C=N\NC(=O)CCc2cc(C(C)(C)C)c(O)c(C(C)(C)C)c2)cc(Br)c1OCc1ccc(F)cc1. The number of phenolic OH excluding ortho intramolecular Hbond substituents is 1. The van der Waals surface area contributed by atoms with Crippen LogP contribution in [-0.4, -0.2) is 24.3 Å². The lowest BCUT2D eigenvalue weighted by Crippen LogP contribution is -2.20. The van der Waals surface area contributed by atoms with Gasteiger partial charge in [-0.15, -0.1) is 0 Å². The number of carbonyl (C=O) groups is 1. The Labute approximate surface area is 244 Å². The Morgan fingerprint density at radius 3 is 2.15 bits per heavy atom. The summed E-state index contributed by atoms with van der Waals surface area (Å²) in [5.74, 6) is 0.797. The van der Waals surface area contributed by atoms with Crippen LogP contribution in [0.2, 0.25) is 0 Å². The maximum absolute atomic E-state index is 13.2. The van der Waals surface area contributed by atoms with Gasteiger partial charge in [0, 0.05) is 6.42 Å². The van der Waals surface area contributed by atoms with Crippen molar-refractivity contribution in [2.45, 2.75) is 71.8 Å². The standard InChI is InChI=1S/C32H38BrFN2O4/c1-31(2,3)24-14-21(15-25(29(24)38)32(4,5)6)10-13-28(37)36-35-18-22-16-26(33)30(27(17-22)39-7)40-19-20-8-11-23(34)12-9-20/h8-9,11-12,14-18,38H,10,13,19H2,1-7H3,(H,36,37)/b35-18-. The summed E-state index contributed by atoms with van der Waals surface area (Å²) in [6.45, 7) is 12.6. The lowest BCUT2D eigenvalue weighted by molar-refractivity contribution is -0.121. The van der Waals surface area contributed by atoms with Crippen molar-refractivity contribution in [3.05, 3.63) is 86.6 Å². The van der Waals surface area contributed by atoms with Gasteiger partial charge in [0.25, 0.3) is 0 Å². The molecular formula is C32H38BrFN2O4. The van der Waals surface area contributed by atoms with E-state index >= 15 is 0 Å². The number of ether oxygens (including phenoxy) is 2. The monoisotopic (exact) mass is 612 g/mol. The highest BCUT2D eigenvalue weighted by atomic mass is 79.9. The summed E-state index contributed by atoms with van der Waals surface area (Å²) < 4.78 is 25.2. The smallest absolute Gasteiger partial charge is 0.240 e. The van der Waals surface area contributed by atoms with E-state index in [1.165, 1.54) is 25.5 Å². The van der Waals surface area contributed by atoms with Crippen molar-refractivity contribution in [2.75, 3.05) is 7.11 Å². The third-order valence-corrected chi connectivity index (χ3v) is 6.97. The first-order chi connectivity index (χ1) is 18.7. The van der Waals surface area contributed by atoms with Crippen molar-refractivity contribution >= 4 is 28.1 Å². The molecule has 0 heterocycles. The Balaban J connectivity index is 1.65. The topological polar surface area (TPSA) is 80.2 Å². The molecule has 8 heteroatoms. The summed E-state index contributed by atoms with van der Waals surface area (Å²) in [5, 5.41) is 15.0. The molecule has 0 aromatic heterocycles. The van der Waals surface area contributed by atoms with Gasteiger partial charge in [0.2, 0.25) is 5.91 Å². The summed E-state index contributed by atoms with van der Waals surface area (Å²) in [6.07, 6.45) is 2.30. The highest BCUT2D eigenvalue weighted by Gasteiger charge is 2.26. The summed E-state index contributed by atoms with van der Waals surface area (Å²) >= 11 is 3.51. The molecule has 0 saturated heterocycles. The predicted octanol–water partition coefficient (Wildman–Crippen LogP) is 7.56. The molecule has 0 saturated carbocycles. The number of aromatic hydroxyl groups is 1. The molecule has 0 aliphatic carbocycles. The number of hydrogen-bond acceptors (Lipinski definition) is 5. The van der Waals surface area contributed by atoms with E-state index in [1.54, 1.807) is 24.3 Å². The number of nitrogens with one attached hydrogen (secondary N) is 1. The Bertz CT molecular complexity index is 1340. The second-order valence-corrected chi connectivity index (χ2v) is 12.6. The molecule has 0 aliphatic heterocycles. The molecule has 2 N–H and O–H groups in total. The van der Waals surface area contributed by atoms with E-state index in [9.17, 15) is 14.3 Å². The Morgan fingerprint density at radius 2 is 1.60 bits per heavy atom. The number of hydrazone groups is 1. The second kappa shape index (κ2) is 12.9. The van der Waals surface area contributed by atoms with Crippen LogP contribution in [0.15, 0.2) is 58.1 Å². The highest BCUT2D eigenvalue weighted by molar-refractivity contribution is 9.10. The number of benzene rings is 3. The molecule has 0 unspecified atom stereocenters. The van der Waals surface area contributed by atoms with Gasteiger partial charge < -0.3 is 14.6 Å². The number of aryl methyl sites for hydroxylation is 1. The van der Waals surface area contributed by atoms with E-state index in [0.717, 1.165) is 22.3 Å². The van der Waals surface area contributed by atoms with Crippen LogP contribution in [0.3, 0.4) is 0 Å². The Hall–Kier alpha value is -3.39. The summed E-state index contributed by atoms with van der Waals surface area (Å²) in [7, 11) is 1.54. The van der Waals surface area contributed by atoms with Crippen LogP contribution in [-0.2, 0) is 28.7 Å². The average Bonchev–Trinajstić information content (AvgIpc) is 2.86. The molecule has 0 aliphatic rings. The van der Waals surface area contributed by atoms with Gasteiger partial charge in [-0.3, -0.25) is 4.79 Å². The predicted molar refractivity (Wildman–Crippen MR) is 161 cm³/mol. The van der Waals surface area contributed by atoms with E-state index in [4.69, 9.17) is 9.47 Å². The third-order valence-electron chi connectivity index (χ3n) is 6.38. The molecule has 0 spiro atoms. The number of methoxy groups -OCH3 is 1. The lowest BCUT2D eigenvalue weighted by Gasteiger charge is -2.28.